The van der Waals surface area contributed by atoms with Crippen LogP contribution in [0.5, 0.6) is 0 Å². The first kappa shape index (κ1) is 20.1. The molecular weight excluding hydrogens is 412 g/mol. The molecule has 2 aromatic rings. The van der Waals surface area contributed by atoms with Crippen molar-refractivity contribution in [2.75, 3.05) is 0 Å². The van der Waals surface area contributed by atoms with Crippen molar-refractivity contribution < 1.29 is 34.2 Å². The van der Waals surface area contributed by atoms with Crippen LogP contribution in [0.4, 0.5) is 17.6 Å². The van der Waals surface area contributed by atoms with Crippen molar-refractivity contribution >= 4 is 7.74 Å². The molecule has 0 amide bonds. The van der Waals surface area contributed by atoms with Gasteiger partial charge in [-0.2, -0.15) is 0 Å². The Labute approximate surface area is 171 Å². The Morgan fingerprint density at radius 3 is 1.41 bits per heavy atom. The predicted octanol–water partition coefficient (Wildman–Crippen LogP) is 5.65. The zero-order valence-corrected chi connectivity index (χ0v) is 17.8. The van der Waals surface area contributed by atoms with E-state index in [4.69, 9.17) is 0 Å². The van der Waals surface area contributed by atoms with E-state index in [-0.39, 0.29) is 18.9 Å². The number of halogens is 4. The Hall–Kier alpha value is -2.17. The number of hydrogen-bond acceptors (Lipinski definition) is 0. The van der Waals surface area contributed by atoms with Gasteiger partial charge in [-0.1, -0.05) is 0 Å². The Kier molecular flexibility index (Phi) is 5.26. The summed E-state index contributed by atoms with van der Waals surface area (Å²) in [5.41, 5.74) is 0.533. The summed E-state index contributed by atoms with van der Waals surface area (Å²) in [6, 6.07) is 5.16. The minimum atomic E-state index is -4.56. The van der Waals surface area contributed by atoms with Gasteiger partial charge in [0.1, 0.15) is 0 Å². The molecule has 2 aliphatic rings. The summed E-state index contributed by atoms with van der Waals surface area (Å²) in [6.07, 6.45) is 11.8. The molecule has 29 heavy (non-hydrogen) atoms. The van der Waals surface area contributed by atoms with E-state index in [1.165, 1.54) is 24.3 Å². The Balaban J connectivity index is 2.22. The maximum atomic E-state index is 15.6. The molecule has 0 unspecified atom stereocenters. The molecule has 0 bridgehead atoms. The maximum absolute atomic E-state index is 15.6. The Morgan fingerprint density at radius 1 is 0.655 bits per heavy atom. The van der Waals surface area contributed by atoms with Crippen molar-refractivity contribution in [1.29, 1.82) is 0 Å². The van der Waals surface area contributed by atoms with Gasteiger partial charge in [-0.25, -0.2) is 0 Å². The first-order chi connectivity index (χ1) is 13.9. The van der Waals surface area contributed by atoms with Crippen LogP contribution in [-0.2, 0) is 16.6 Å². The molecule has 0 aromatic heterocycles. The van der Waals surface area contributed by atoms with Gasteiger partial charge >= 0.3 is 171 Å². The fourth-order valence-electron chi connectivity index (χ4n) is 4.42. The summed E-state index contributed by atoms with van der Waals surface area (Å²) < 4.78 is 63.0. The monoisotopic (exact) mass is 432 g/mol. The van der Waals surface area contributed by atoms with Crippen LogP contribution in [0.2, 0.25) is 0 Å². The molecule has 0 heterocycles. The van der Waals surface area contributed by atoms with E-state index in [2.05, 4.69) is 0 Å². The molecule has 0 aliphatic heterocycles. The van der Waals surface area contributed by atoms with Gasteiger partial charge in [0.2, 0.25) is 0 Å². The van der Waals surface area contributed by atoms with Crippen LogP contribution in [0.3, 0.4) is 0 Å². The van der Waals surface area contributed by atoms with Crippen LogP contribution < -0.4 is 7.74 Å². The van der Waals surface area contributed by atoms with Gasteiger partial charge in [-0.3, -0.25) is 0 Å². The topological polar surface area (TPSA) is 0 Å². The van der Waals surface area contributed by atoms with E-state index < -0.39 is 39.9 Å². The third-order valence-corrected chi connectivity index (χ3v) is 13.8. The summed E-state index contributed by atoms with van der Waals surface area (Å²) in [5.74, 6) is -2.89. The molecule has 0 saturated carbocycles. The fraction of sp³-hybridized carbons (Fsp3) is 0.167. The van der Waals surface area contributed by atoms with E-state index >= 15 is 17.6 Å². The second-order valence-corrected chi connectivity index (χ2v) is 13.4. The van der Waals surface area contributed by atoms with E-state index in [0.717, 1.165) is 7.76 Å². The van der Waals surface area contributed by atoms with E-state index in [9.17, 15) is 0 Å². The van der Waals surface area contributed by atoms with E-state index in [0.29, 0.717) is 12.8 Å². The van der Waals surface area contributed by atoms with Crippen LogP contribution in [0.15, 0.2) is 68.5 Å². The molecule has 0 saturated heterocycles. The molecule has 4 rings (SSSR count). The molecule has 0 fully saturated rings. The van der Waals surface area contributed by atoms with E-state index in [1.54, 1.807) is 38.2 Å². The summed E-state index contributed by atoms with van der Waals surface area (Å²) in [5, 5.41) is 0. The summed E-state index contributed by atoms with van der Waals surface area (Å²) in [4.78, 5) is 0. The quantitative estimate of drug-likeness (QED) is 0.433. The second kappa shape index (κ2) is 7.58. The summed E-state index contributed by atoms with van der Waals surface area (Å²) >= 11 is -4.56. The van der Waals surface area contributed by atoms with Crippen LogP contribution in [-0.4, -0.2) is 0 Å². The molecule has 0 radical (unpaired) electrons. The van der Waals surface area contributed by atoms with Crippen LogP contribution in [0.25, 0.3) is 0 Å². The number of aryl methyl sites for hydroxylation is 2. The number of benzene rings is 2. The van der Waals surface area contributed by atoms with Gasteiger partial charge in [0.15, 0.2) is 0 Å². The Morgan fingerprint density at radius 2 is 1.07 bits per heavy atom. The molecule has 148 valence electrons. The summed E-state index contributed by atoms with van der Waals surface area (Å²) in [7, 11) is 0. The molecule has 0 spiro atoms. The van der Waals surface area contributed by atoms with Crippen molar-refractivity contribution in [3.63, 3.8) is 0 Å². The first-order valence-corrected chi connectivity index (χ1v) is 12.6. The molecule has 0 N–H and O–H groups in total. The normalized spacial score (nSPS) is 15.8. The Bertz CT molecular complexity index is 1030. The van der Waals surface area contributed by atoms with Crippen molar-refractivity contribution in [1.82, 2.24) is 0 Å². The average Bonchev–Trinajstić information content (AvgIpc) is 3.41. The van der Waals surface area contributed by atoms with Crippen LogP contribution >= 0.6 is 0 Å². The van der Waals surface area contributed by atoms with Gasteiger partial charge in [0.05, 0.1) is 0 Å². The average molecular weight is 432 g/mol. The summed E-state index contributed by atoms with van der Waals surface area (Å²) in [6.45, 7) is 3.10. The second-order valence-electron chi connectivity index (χ2n) is 7.50. The SMILES string of the molecule is Cc1ccc(F)[c]([Ti]([C]2=CC=CC2)([C]2=CC=CC2)[c]2c(F)ccc(C)c2F)c1F. The number of rotatable bonds is 4. The van der Waals surface area contributed by atoms with Crippen molar-refractivity contribution in [2.45, 2.75) is 26.7 Å². The van der Waals surface area contributed by atoms with Crippen LogP contribution in [0, 0.1) is 37.1 Å². The number of allylic oxidation sites excluding steroid dienone is 8. The minimum absolute atomic E-state index is 0.140. The van der Waals surface area contributed by atoms with Gasteiger partial charge in [-0.15, -0.1) is 0 Å². The van der Waals surface area contributed by atoms with Crippen molar-refractivity contribution in [3.05, 3.63) is 103 Å². The molecule has 0 atom stereocenters. The van der Waals surface area contributed by atoms with Gasteiger partial charge < -0.3 is 0 Å². The van der Waals surface area contributed by atoms with Gasteiger partial charge in [-0.05, 0) is 0 Å². The van der Waals surface area contributed by atoms with E-state index in [1.807, 2.05) is 12.2 Å². The molecule has 0 nitrogen and oxygen atoms in total. The molecule has 2 aliphatic carbocycles. The molecule has 5 heteroatoms. The molecular formula is C24H20F4Ti. The van der Waals surface area contributed by atoms with Gasteiger partial charge in [0, 0.05) is 0 Å². The van der Waals surface area contributed by atoms with Crippen molar-refractivity contribution in [3.8, 4) is 0 Å². The third-order valence-electron chi connectivity index (χ3n) is 5.82. The zero-order chi connectivity index (χ0) is 20.8. The third kappa shape index (κ3) is 3.01. The van der Waals surface area contributed by atoms with Gasteiger partial charge in [0.25, 0.3) is 0 Å². The molecule has 2 aromatic carbocycles. The standard InChI is InChI=1S/2C7H5F2.2C5H5.Ti/c2*1-5-2-3-6(8)4-7(5)9;2*1-2-4-5-3-1;/h2*2-3H,1H3;2*1-3H,4H2;. The first-order valence-electron chi connectivity index (χ1n) is 9.51. The van der Waals surface area contributed by atoms with Crippen molar-refractivity contribution in [2.24, 2.45) is 0 Å². The predicted molar refractivity (Wildman–Crippen MR) is 105 cm³/mol. The number of hydrogen-bond donors (Lipinski definition) is 0. The van der Waals surface area contributed by atoms with Crippen LogP contribution in [0.1, 0.15) is 24.0 Å². The fourth-order valence-corrected chi connectivity index (χ4v) is 12.9. The zero-order valence-electron chi connectivity index (χ0n) is 16.2.